The molecule has 0 bridgehead atoms. The first-order valence-corrected chi connectivity index (χ1v) is 9.46. The van der Waals surface area contributed by atoms with Crippen LogP contribution in [0.25, 0.3) is 0 Å². The maximum Gasteiger partial charge on any atom is 0.319 e. The number of benzene rings is 1. The minimum atomic E-state index is -0.583. The lowest BCUT2D eigenvalue weighted by Crippen LogP contribution is -2.36. The molecule has 10 nitrogen and oxygen atoms in total. The Labute approximate surface area is 165 Å². The van der Waals surface area contributed by atoms with E-state index in [0.29, 0.717) is 13.2 Å². The second kappa shape index (κ2) is 9.33. The molecule has 1 N–H and O–H groups in total. The van der Waals surface area contributed by atoms with Gasteiger partial charge in [0.25, 0.3) is 0 Å². The van der Waals surface area contributed by atoms with Crippen molar-refractivity contribution in [3.63, 3.8) is 0 Å². The number of nitro groups is 1. The molecule has 2 heterocycles. The van der Waals surface area contributed by atoms with Crippen molar-refractivity contribution in [2.75, 3.05) is 49.4 Å². The van der Waals surface area contributed by atoms with E-state index in [9.17, 15) is 14.9 Å². The van der Waals surface area contributed by atoms with Gasteiger partial charge in [0, 0.05) is 24.5 Å². The van der Waals surface area contributed by atoms with Crippen LogP contribution in [-0.2, 0) is 14.3 Å². The van der Waals surface area contributed by atoms with Crippen LogP contribution in [0, 0.1) is 10.1 Å². The van der Waals surface area contributed by atoms with Crippen molar-refractivity contribution >= 4 is 40.7 Å². The molecule has 1 aliphatic heterocycles. The molecule has 1 aromatic carbocycles. The Kier molecular flexibility index (Phi) is 6.61. The fourth-order valence-electron chi connectivity index (χ4n) is 2.54. The van der Waals surface area contributed by atoms with Crippen LogP contribution in [0.4, 0.5) is 23.0 Å². The number of thioether (sulfide) groups is 1. The zero-order valence-electron chi connectivity index (χ0n) is 15.2. The molecular formula is C17H19N5O5S. The third-order valence-electron chi connectivity index (χ3n) is 3.99. The van der Waals surface area contributed by atoms with Crippen LogP contribution in [0.1, 0.15) is 0 Å². The number of hydrogen-bond acceptors (Lipinski definition) is 10. The fourth-order valence-corrected chi connectivity index (χ4v) is 3.34. The molecule has 1 aliphatic rings. The van der Waals surface area contributed by atoms with Gasteiger partial charge in [-0.1, -0.05) is 11.8 Å². The maximum atomic E-state index is 11.3. The summed E-state index contributed by atoms with van der Waals surface area (Å²) >= 11 is 0.928. The first-order chi connectivity index (χ1) is 13.6. The van der Waals surface area contributed by atoms with Crippen LogP contribution >= 0.6 is 11.8 Å². The normalized spacial score (nSPS) is 13.8. The average Bonchev–Trinajstić information content (AvgIpc) is 2.73. The molecule has 1 saturated heterocycles. The lowest BCUT2D eigenvalue weighted by atomic mass is 10.2. The zero-order valence-corrected chi connectivity index (χ0v) is 16.0. The van der Waals surface area contributed by atoms with Crippen molar-refractivity contribution < 1.29 is 19.2 Å². The summed E-state index contributed by atoms with van der Waals surface area (Å²) in [5.41, 5.74) is 1.57. The molecule has 2 aromatic rings. The molecule has 148 valence electrons. The van der Waals surface area contributed by atoms with E-state index in [-0.39, 0.29) is 22.4 Å². The third-order valence-corrected chi connectivity index (χ3v) is 4.94. The Balaban J connectivity index is 1.72. The highest BCUT2D eigenvalue weighted by Crippen LogP contribution is 2.28. The summed E-state index contributed by atoms with van der Waals surface area (Å²) in [5, 5.41) is 14.3. The molecule has 3 rings (SSSR count). The molecule has 0 saturated carbocycles. The molecule has 1 fully saturated rings. The second-order valence-corrected chi connectivity index (χ2v) is 6.74. The topological polar surface area (TPSA) is 120 Å². The summed E-state index contributed by atoms with van der Waals surface area (Å²) in [6, 6.07) is 7.73. The number of carbonyl (C=O) groups is 1. The van der Waals surface area contributed by atoms with Crippen molar-refractivity contribution in [3.8, 4) is 0 Å². The third kappa shape index (κ3) is 5.08. The van der Waals surface area contributed by atoms with E-state index in [1.807, 2.05) is 24.3 Å². The fraction of sp³-hybridized carbons (Fsp3) is 0.353. The number of nitrogens with one attached hydrogen (secondary N) is 1. The molecular weight excluding hydrogens is 386 g/mol. The van der Waals surface area contributed by atoms with Crippen molar-refractivity contribution in [3.05, 3.63) is 40.6 Å². The van der Waals surface area contributed by atoms with Crippen LogP contribution in [-0.4, -0.2) is 60.0 Å². The van der Waals surface area contributed by atoms with E-state index in [2.05, 4.69) is 24.9 Å². The van der Waals surface area contributed by atoms with Crippen molar-refractivity contribution in [1.29, 1.82) is 0 Å². The number of methoxy groups -OCH3 is 1. The van der Waals surface area contributed by atoms with E-state index < -0.39 is 10.9 Å². The van der Waals surface area contributed by atoms with Gasteiger partial charge in [-0.05, 0) is 24.3 Å². The number of nitrogens with zero attached hydrogens (tertiary/aromatic N) is 4. The van der Waals surface area contributed by atoms with Gasteiger partial charge in [0.05, 0.1) is 31.0 Å². The average molecular weight is 405 g/mol. The van der Waals surface area contributed by atoms with Crippen LogP contribution in [0.15, 0.2) is 35.5 Å². The molecule has 0 aliphatic carbocycles. The molecule has 0 spiro atoms. The Morgan fingerprint density at radius 2 is 2.07 bits per heavy atom. The summed E-state index contributed by atoms with van der Waals surface area (Å²) in [4.78, 5) is 32.3. The predicted molar refractivity (Wildman–Crippen MR) is 104 cm³/mol. The number of hydrogen-bond donors (Lipinski definition) is 1. The maximum absolute atomic E-state index is 11.3. The van der Waals surface area contributed by atoms with Gasteiger partial charge in [-0.15, -0.1) is 0 Å². The number of carbonyl (C=O) groups excluding carboxylic acids is 1. The number of aromatic nitrogens is 2. The first-order valence-electron chi connectivity index (χ1n) is 8.47. The van der Waals surface area contributed by atoms with Gasteiger partial charge >= 0.3 is 11.7 Å². The van der Waals surface area contributed by atoms with Crippen molar-refractivity contribution in [2.45, 2.75) is 5.03 Å². The highest BCUT2D eigenvalue weighted by molar-refractivity contribution is 8.00. The minimum absolute atomic E-state index is 0.0813. The van der Waals surface area contributed by atoms with Crippen LogP contribution < -0.4 is 10.2 Å². The Morgan fingerprint density at radius 1 is 1.36 bits per heavy atom. The van der Waals surface area contributed by atoms with Gasteiger partial charge in [-0.25, -0.2) is 4.98 Å². The van der Waals surface area contributed by atoms with Crippen LogP contribution in [0.5, 0.6) is 0 Å². The van der Waals surface area contributed by atoms with E-state index in [1.54, 1.807) is 0 Å². The lowest BCUT2D eigenvalue weighted by Gasteiger charge is -2.28. The number of rotatable bonds is 7. The Bertz CT molecular complexity index is 842. The summed E-state index contributed by atoms with van der Waals surface area (Å²) in [7, 11) is 1.25. The number of anilines is 3. The predicted octanol–water partition coefficient (Wildman–Crippen LogP) is 2.23. The highest BCUT2D eigenvalue weighted by Gasteiger charge is 2.19. The largest absolute Gasteiger partial charge is 0.468 e. The molecule has 11 heteroatoms. The van der Waals surface area contributed by atoms with Gasteiger partial charge in [0.1, 0.15) is 6.20 Å². The molecule has 0 atom stereocenters. The number of ether oxygens (including phenoxy) is 2. The monoisotopic (exact) mass is 405 g/mol. The molecule has 0 unspecified atom stereocenters. The summed E-state index contributed by atoms with van der Waals surface area (Å²) in [5.74, 6) is -0.370. The van der Waals surface area contributed by atoms with E-state index in [4.69, 9.17) is 4.74 Å². The number of esters is 1. The molecule has 0 amide bonds. The van der Waals surface area contributed by atoms with Crippen molar-refractivity contribution in [2.24, 2.45) is 0 Å². The summed E-state index contributed by atoms with van der Waals surface area (Å²) in [6.45, 7) is 3.11. The van der Waals surface area contributed by atoms with Crippen molar-refractivity contribution in [1.82, 2.24) is 9.97 Å². The smallest absolute Gasteiger partial charge is 0.319 e. The van der Waals surface area contributed by atoms with E-state index in [0.717, 1.165) is 42.4 Å². The van der Waals surface area contributed by atoms with Gasteiger partial charge in [-0.2, -0.15) is 4.98 Å². The number of morpholine rings is 1. The van der Waals surface area contributed by atoms with Gasteiger partial charge in [0.15, 0.2) is 5.03 Å². The Hall–Kier alpha value is -2.92. The molecule has 0 radical (unpaired) electrons. The summed E-state index contributed by atoms with van der Waals surface area (Å²) < 4.78 is 9.91. The quantitative estimate of drug-likeness (QED) is 0.241. The minimum Gasteiger partial charge on any atom is -0.468 e. The Morgan fingerprint density at radius 3 is 2.71 bits per heavy atom. The first kappa shape index (κ1) is 19.8. The van der Waals surface area contributed by atoms with Crippen LogP contribution in [0.3, 0.4) is 0 Å². The van der Waals surface area contributed by atoms with E-state index in [1.165, 1.54) is 7.11 Å². The molecule has 28 heavy (non-hydrogen) atoms. The van der Waals surface area contributed by atoms with Gasteiger partial charge in [-0.3, -0.25) is 14.9 Å². The summed E-state index contributed by atoms with van der Waals surface area (Å²) in [6.07, 6.45) is 1.12. The van der Waals surface area contributed by atoms with Gasteiger partial charge < -0.3 is 19.7 Å². The van der Waals surface area contributed by atoms with Gasteiger partial charge in [0.2, 0.25) is 5.95 Å². The SMILES string of the molecule is COC(=O)CSc1nc(Nc2ccc(N3CCOCC3)cc2)ncc1[N+](=O)[O-]. The lowest BCUT2D eigenvalue weighted by molar-refractivity contribution is -0.388. The standard InChI is InChI=1S/C17H19N5O5S/c1-26-15(23)11-28-16-14(22(24)25)10-18-17(20-16)19-12-2-4-13(5-3-12)21-6-8-27-9-7-21/h2-5,10H,6-9,11H2,1H3,(H,18,19,20). The zero-order chi connectivity index (χ0) is 19.9. The highest BCUT2D eigenvalue weighted by atomic mass is 32.2. The van der Waals surface area contributed by atoms with E-state index >= 15 is 0 Å². The second-order valence-electron chi connectivity index (χ2n) is 5.78. The van der Waals surface area contributed by atoms with Crippen LogP contribution in [0.2, 0.25) is 0 Å². The molecule has 1 aromatic heterocycles.